The van der Waals surface area contributed by atoms with E-state index in [0.29, 0.717) is 13.0 Å². The van der Waals surface area contributed by atoms with Crippen LogP contribution in [0.15, 0.2) is 24.3 Å². The zero-order valence-electron chi connectivity index (χ0n) is 12.0. The maximum atomic E-state index is 12.4. The van der Waals surface area contributed by atoms with E-state index >= 15 is 0 Å². The molecule has 5 nitrogen and oxygen atoms in total. The second-order valence-corrected chi connectivity index (χ2v) is 6.18. The van der Waals surface area contributed by atoms with Gasteiger partial charge in [-0.2, -0.15) is 11.8 Å². The van der Waals surface area contributed by atoms with Crippen molar-refractivity contribution in [1.29, 1.82) is 0 Å². The summed E-state index contributed by atoms with van der Waals surface area (Å²) in [6.45, 7) is 0.629. The first-order valence-corrected chi connectivity index (χ1v) is 8.28. The van der Waals surface area contributed by atoms with Crippen LogP contribution in [0.3, 0.4) is 0 Å². The Hall–Kier alpha value is -1.53. The molecule has 1 aromatic carbocycles. The number of carbonyl (C=O) groups excluding carboxylic acids is 1. The highest BCUT2D eigenvalue weighted by Gasteiger charge is 2.33. The molecule has 1 amide bonds. The number of hydrogen-bond donors (Lipinski definition) is 2. The van der Waals surface area contributed by atoms with Gasteiger partial charge in [0.25, 0.3) is 0 Å². The summed E-state index contributed by atoms with van der Waals surface area (Å²) in [4.78, 5) is 25.4. The van der Waals surface area contributed by atoms with Crippen LogP contribution in [0, 0.1) is 0 Å². The van der Waals surface area contributed by atoms with E-state index in [0.717, 1.165) is 16.9 Å². The second-order valence-electron chi connectivity index (χ2n) is 5.20. The zero-order valence-corrected chi connectivity index (χ0v) is 12.8. The maximum absolute atomic E-state index is 12.4. The number of hydrogen-bond acceptors (Lipinski definition) is 4. The molecule has 1 aromatic rings. The average Bonchev–Trinajstić information content (AvgIpc) is 2.50. The van der Waals surface area contributed by atoms with Gasteiger partial charge in [0.15, 0.2) is 0 Å². The number of thioether (sulfide) groups is 1. The Balaban J connectivity index is 2.17. The van der Waals surface area contributed by atoms with Crippen molar-refractivity contribution in [3.63, 3.8) is 0 Å². The molecular weight excluding hydrogens is 288 g/mol. The first-order chi connectivity index (χ1) is 10.0. The number of nitrogens with zero attached hydrogens (tertiary/aromatic N) is 1. The van der Waals surface area contributed by atoms with Crippen molar-refractivity contribution < 1.29 is 14.7 Å². The smallest absolute Gasteiger partial charge is 0.312 e. The molecule has 0 aromatic heterocycles. The number of aliphatic carboxylic acids is 1. The lowest BCUT2D eigenvalue weighted by Crippen LogP contribution is -2.48. The van der Waals surface area contributed by atoms with Gasteiger partial charge in [-0.3, -0.25) is 9.59 Å². The topological polar surface area (TPSA) is 83.6 Å². The standard InChI is InChI=1S/C15H20N2O3S/c1-21-7-6-13(16)14(18)17-8-10-4-2-3-5-11(10)12(9-17)15(19)20/h2-5,12-13H,6-9,16H2,1H3,(H,19,20)/t12?,13-/m0/s1. The van der Waals surface area contributed by atoms with Crippen LogP contribution in [0.25, 0.3) is 0 Å². The summed E-state index contributed by atoms with van der Waals surface area (Å²) in [5, 5.41) is 9.39. The van der Waals surface area contributed by atoms with Crippen LogP contribution >= 0.6 is 11.8 Å². The van der Waals surface area contributed by atoms with E-state index in [9.17, 15) is 14.7 Å². The van der Waals surface area contributed by atoms with Gasteiger partial charge in [0.1, 0.15) is 0 Å². The third kappa shape index (κ3) is 3.57. The highest BCUT2D eigenvalue weighted by Crippen LogP contribution is 2.28. The van der Waals surface area contributed by atoms with E-state index in [1.807, 2.05) is 30.5 Å². The molecule has 1 unspecified atom stereocenters. The molecule has 0 fully saturated rings. The minimum absolute atomic E-state index is 0.162. The number of benzene rings is 1. The van der Waals surface area contributed by atoms with Gasteiger partial charge in [-0.05, 0) is 29.6 Å². The van der Waals surface area contributed by atoms with Crippen LogP contribution in [-0.4, -0.2) is 46.5 Å². The molecule has 1 aliphatic heterocycles. The normalized spacial score (nSPS) is 19.0. The molecule has 114 valence electrons. The van der Waals surface area contributed by atoms with Gasteiger partial charge < -0.3 is 15.7 Å². The van der Waals surface area contributed by atoms with Gasteiger partial charge in [0, 0.05) is 13.1 Å². The number of amides is 1. The largest absolute Gasteiger partial charge is 0.481 e. The van der Waals surface area contributed by atoms with Crippen molar-refractivity contribution in [2.45, 2.75) is 24.9 Å². The molecule has 0 radical (unpaired) electrons. The Morgan fingerprint density at radius 3 is 2.86 bits per heavy atom. The first kappa shape index (κ1) is 15.9. The number of carbonyl (C=O) groups is 2. The molecular formula is C15H20N2O3S. The molecule has 0 bridgehead atoms. The summed E-state index contributed by atoms with van der Waals surface area (Å²) in [5.41, 5.74) is 7.61. The summed E-state index contributed by atoms with van der Waals surface area (Å²) < 4.78 is 0. The summed E-state index contributed by atoms with van der Waals surface area (Å²) in [6.07, 6.45) is 2.57. The average molecular weight is 308 g/mol. The predicted molar refractivity (Wildman–Crippen MR) is 83.2 cm³/mol. The van der Waals surface area contributed by atoms with Crippen molar-refractivity contribution in [1.82, 2.24) is 4.90 Å². The van der Waals surface area contributed by atoms with E-state index in [-0.39, 0.29) is 12.5 Å². The van der Waals surface area contributed by atoms with E-state index < -0.39 is 17.9 Å². The minimum Gasteiger partial charge on any atom is -0.481 e. The fourth-order valence-electron chi connectivity index (χ4n) is 2.59. The number of nitrogens with two attached hydrogens (primary N) is 1. The predicted octanol–water partition coefficient (Wildman–Crippen LogP) is 1.28. The van der Waals surface area contributed by atoms with Crippen molar-refractivity contribution in [3.8, 4) is 0 Å². The molecule has 0 saturated carbocycles. The van der Waals surface area contributed by atoms with Gasteiger partial charge in [0.05, 0.1) is 12.0 Å². The highest BCUT2D eigenvalue weighted by molar-refractivity contribution is 7.98. The van der Waals surface area contributed by atoms with Crippen LogP contribution in [0.4, 0.5) is 0 Å². The maximum Gasteiger partial charge on any atom is 0.312 e. The Labute approximate surface area is 128 Å². The lowest BCUT2D eigenvalue weighted by molar-refractivity contribution is -0.141. The van der Waals surface area contributed by atoms with Crippen molar-refractivity contribution in [2.75, 3.05) is 18.6 Å². The van der Waals surface area contributed by atoms with Crippen LogP contribution < -0.4 is 5.73 Å². The van der Waals surface area contributed by atoms with Crippen LogP contribution in [0.2, 0.25) is 0 Å². The van der Waals surface area contributed by atoms with Crippen LogP contribution in [0.1, 0.15) is 23.5 Å². The van der Waals surface area contributed by atoms with E-state index in [1.54, 1.807) is 16.7 Å². The Morgan fingerprint density at radius 2 is 2.19 bits per heavy atom. The Morgan fingerprint density at radius 1 is 1.48 bits per heavy atom. The fourth-order valence-corrected chi connectivity index (χ4v) is 3.08. The molecule has 0 spiro atoms. The van der Waals surface area contributed by atoms with E-state index in [4.69, 9.17) is 5.73 Å². The number of rotatable bonds is 5. The first-order valence-electron chi connectivity index (χ1n) is 6.88. The lowest BCUT2D eigenvalue weighted by atomic mass is 9.89. The molecule has 2 atom stereocenters. The lowest BCUT2D eigenvalue weighted by Gasteiger charge is -2.34. The summed E-state index contributed by atoms with van der Waals surface area (Å²) >= 11 is 1.64. The molecule has 0 saturated heterocycles. The molecule has 6 heteroatoms. The van der Waals surface area contributed by atoms with E-state index in [2.05, 4.69) is 0 Å². The van der Waals surface area contributed by atoms with Crippen molar-refractivity contribution >= 4 is 23.6 Å². The molecule has 1 aliphatic rings. The SMILES string of the molecule is CSCC[C@H](N)C(=O)N1Cc2ccccc2C(C(=O)O)C1. The van der Waals surface area contributed by atoms with Gasteiger partial charge in [-0.25, -0.2) is 0 Å². The Kier molecular flexibility index (Phi) is 5.25. The molecule has 0 aliphatic carbocycles. The van der Waals surface area contributed by atoms with Gasteiger partial charge in [0.2, 0.25) is 5.91 Å². The Bertz CT molecular complexity index is 535. The van der Waals surface area contributed by atoms with Crippen molar-refractivity contribution in [2.24, 2.45) is 5.73 Å². The highest BCUT2D eigenvalue weighted by atomic mass is 32.2. The number of carboxylic acids is 1. The number of fused-ring (bicyclic) bond motifs is 1. The molecule has 1 heterocycles. The van der Waals surface area contributed by atoms with Crippen molar-refractivity contribution in [3.05, 3.63) is 35.4 Å². The molecule has 3 N–H and O–H groups in total. The van der Waals surface area contributed by atoms with E-state index in [1.165, 1.54) is 0 Å². The summed E-state index contributed by atoms with van der Waals surface area (Å²) in [7, 11) is 0. The van der Waals surface area contributed by atoms with Gasteiger partial charge in [-0.1, -0.05) is 24.3 Å². The minimum atomic E-state index is -0.905. The number of carboxylic acid groups (broad SMARTS) is 1. The summed E-state index contributed by atoms with van der Waals surface area (Å²) in [6, 6.07) is 6.83. The second kappa shape index (κ2) is 6.95. The van der Waals surface area contributed by atoms with Crippen LogP contribution in [0.5, 0.6) is 0 Å². The van der Waals surface area contributed by atoms with Gasteiger partial charge in [-0.15, -0.1) is 0 Å². The molecule has 2 rings (SSSR count). The molecule has 21 heavy (non-hydrogen) atoms. The summed E-state index contributed by atoms with van der Waals surface area (Å²) in [5.74, 6) is -0.922. The van der Waals surface area contributed by atoms with Crippen LogP contribution in [-0.2, 0) is 16.1 Å². The third-order valence-electron chi connectivity index (χ3n) is 3.75. The van der Waals surface area contributed by atoms with Gasteiger partial charge >= 0.3 is 5.97 Å². The monoisotopic (exact) mass is 308 g/mol. The zero-order chi connectivity index (χ0) is 15.4. The third-order valence-corrected chi connectivity index (χ3v) is 4.40. The fraction of sp³-hybridized carbons (Fsp3) is 0.467. The quantitative estimate of drug-likeness (QED) is 0.856.